The van der Waals surface area contributed by atoms with Crippen molar-refractivity contribution in [2.45, 2.75) is 27.3 Å². The monoisotopic (exact) mass is 351 g/mol. The third-order valence-corrected chi connectivity index (χ3v) is 4.35. The van der Waals surface area contributed by atoms with Crippen LogP contribution in [-0.2, 0) is 6.54 Å². The van der Waals surface area contributed by atoms with Gasteiger partial charge in [0.2, 0.25) is 0 Å². The van der Waals surface area contributed by atoms with Gasteiger partial charge in [-0.3, -0.25) is 14.9 Å². The summed E-state index contributed by atoms with van der Waals surface area (Å²) in [5.74, 6) is 0.174. The number of rotatable bonds is 5. The molecule has 0 fully saturated rings. The van der Waals surface area contributed by atoms with Crippen molar-refractivity contribution in [2.75, 3.05) is 5.32 Å². The van der Waals surface area contributed by atoms with Gasteiger partial charge in [0.05, 0.1) is 21.7 Å². The van der Waals surface area contributed by atoms with Gasteiger partial charge in [-0.05, 0) is 25.0 Å². The Morgan fingerprint density at radius 3 is 2.62 bits per heavy atom. The molecule has 1 amide bonds. The van der Waals surface area contributed by atoms with Gasteiger partial charge in [-0.1, -0.05) is 38.1 Å². The van der Waals surface area contributed by atoms with E-state index < -0.39 is 4.92 Å². The number of hydrogen-bond donors (Lipinski definition) is 1. The summed E-state index contributed by atoms with van der Waals surface area (Å²) in [5, 5.41) is 14.8. The number of amides is 1. The largest absolute Gasteiger partial charge is 0.346 e. The lowest BCUT2D eigenvalue weighted by Gasteiger charge is -2.08. The predicted molar refractivity (Wildman–Crippen MR) is 103 cm³/mol. The third-order valence-electron chi connectivity index (χ3n) is 4.35. The summed E-state index contributed by atoms with van der Waals surface area (Å²) in [6.07, 6.45) is 1.85. The first-order valence-electron chi connectivity index (χ1n) is 8.51. The number of para-hydroxylation sites is 1. The van der Waals surface area contributed by atoms with Crippen LogP contribution in [0.15, 0.2) is 48.7 Å². The van der Waals surface area contributed by atoms with Gasteiger partial charge in [-0.25, -0.2) is 0 Å². The molecule has 6 heteroatoms. The molecular formula is C20H21N3O3. The summed E-state index contributed by atoms with van der Waals surface area (Å²) < 4.78 is 2.08. The maximum atomic E-state index is 12.9. The summed E-state index contributed by atoms with van der Waals surface area (Å²) in [6.45, 7) is 6.70. The van der Waals surface area contributed by atoms with E-state index >= 15 is 0 Å². The van der Waals surface area contributed by atoms with Gasteiger partial charge < -0.3 is 9.88 Å². The SMILES string of the molecule is Cc1c(NC(=O)c2cn(CC(C)C)c3ccccc23)cccc1[N+](=O)[O-]. The predicted octanol–water partition coefficient (Wildman–Crippen LogP) is 4.77. The van der Waals surface area contributed by atoms with E-state index in [2.05, 4.69) is 23.7 Å². The second-order valence-corrected chi connectivity index (χ2v) is 6.77. The number of hydrogen-bond acceptors (Lipinski definition) is 3. The standard InChI is InChI=1S/C20H21N3O3/c1-13(2)11-22-12-16(15-7-4-5-9-19(15)22)20(24)21-17-8-6-10-18(14(17)3)23(25)26/h4-10,12-13H,11H2,1-3H3,(H,21,24). The Morgan fingerprint density at radius 2 is 1.92 bits per heavy atom. The lowest BCUT2D eigenvalue weighted by atomic mass is 10.1. The van der Waals surface area contributed by atoms with Crippen molar-refractivity contribution >= 4 is 28.2 Å². The van der Waals surface area contributed by atoms with Gasteiger partial charge >= 0.3 is 0 Å². The fourth-order valence-corrected chi connectivity index (χ4v) is 3.12. The van der Waals surface area contributed by atoms with Crippen LogP contribution < -0.4 is 5.32 Å². The minimum Gasteiger partial charge on any atom is -0.346 e. The smallest absolute Gasteiger partial charge is 0.274 e. The van der Waals surface area contributed by atoms with E-state index in [1.807, 2.05) is 30.5 Å². The van der Waals surface area contributed by atoms with Crippen LogP contribution in [0.2, 0.25) is 0 Å². The second-order valence-electron chi connectivity index (χ2n) is 6.77. The molecule has 1 heterocycles. The Kier molecular flexibility index (Phi) is 4.75. The highest BCUT2D eigenvalue weighted by Crippen LogP contribution is 2.27. The van der Waals surface area contributed by atoms with Gasteiger partial charge in [-0.2, -0.15) is 0 Å². The molecule has 2 aromatic carbocycles. The van der Waals surface area contributed by atoms with Crippen LogP contribution in [0.4, 0.5) is 11.4 Å². The highest BCUT2D eigenvalue weighted by atomic mass is 16.6. The molecule has 0 radical (unpaired) electrons. The van der Waals surface area contributed by atoms with E-state index in [-0.39, 0.29) is 11.6 Å². The molecule has 0 bridgehead atoms. The van der Waals surface area contributed by atoms with Crippen LogP contribution in [0, 0.1) is 23.0 Å². The summed E-state index contributed by atoms with van der Waals surface area (Å²) in [6, 6.07) is 12.4. The highest BCUT2D eigenvalue weighted by Gasteiger charge is 2.19. The third kappa shape index (κ3) is 3.31. The minimum absolute atomic E-state index is 0.00923. The van der Waals surface area contributed by atoms with Crippen LogP contribution in [0.1, 0.15) is 29.8 Å². The van der Waals surface area contributed by atoms with Gasteiger partial charge in [0.1, 0.15) is 0 Å². The van der Waals surface area contributed by atoms with Gasteiger partial charge in [0.15, 0.2) is 0 Å². The van der Waals surface area contributed by atoms with Crippen molar-refractivity contribution in [3.63, 3.8) is 0 Å². The number of anilines is 1. The molecule has 134 valence electrons. The summed E-state index contributed by atoms with van der Waals surface area (Å²) in [5.41, 5.74) is 2.45. The van der Waals surface area contributed by atoms with E-state index in [1.54, 1.807) is 19.1 Å². The van der Waals surface area contributed by atoms with E-state index in [0.29, 0.717) is 22.7 Å². The minimum atomic E-state index is -0.445. The average molecular weight is 351 g/mol. The van der Waals surface area contributed by atoms with Crippen molar-refractivity contribution in [2.24, 2.45) is 5.92 Å². The number of nitrogens with one attached hydrogen (secondary N) is 1. The van der Waals surface area contributed by atoms with Crippen molar-refractivity contribution in [1.29, 1.82) is 0 Å². The van der Waals surface area contributed by atoms with Gasteiger partial charge in [-0.15, -0.1) is 0 Å². The van der Waals surface area contributed by atoms with E-state index in [0.717, 1.165) is 17.4 Å². The number of carbonyl (C=O) groups excluding carboxylic acids is 1. The molecule has 0 saturated carbocycles. The molecule has 6 nitrogen and oxygen atoms in total. The van der Waals surface area contributed by atoms with E-state index in [4.69, 9.17) is 0 Å². The number of nitro benzene ring substituents is 1. The molecule has 0 aliphatic carbocycles. The number of nitrogens with zero attached hydrogens (tertiary/aromatic N) is 2. The Bertz CT molecular complexity index is 989. The molecule has 3 aromatic rings. The Morgan fingerprint density at radius 1 is 1.19 bits per heavy atom. The number of fused-ring (bicyclic) bond motifs is 1. The zero-order chi connectivity index (χ0) is 18.8. The summed E-state index contributed by atoms with van der Waals surface area (Å²) in [4.78, 5) is 23.5. The highest BCUT2D eigenvalue weighted by molar-refractivity contribution is 6.13. The van der Waals surface area contributed by atoms with Crippen LogP contribution in [0.5, 0.6) is 0 Å². The Labute approximate surface area is 151 Å². The molecule has 26 heavy (non-hydrogen) atoms. The zero-order valence-corrected chi connectivity index (χ0v) is 15.0. The average Bonchev–Trinajstić information content (AvgIpc) is 2.95. The summed E-state index contributed by atoms with van der Waals surface area (Å²) in [7, 11) is 0. The molecule has 1 aromatic heterocycles. The molecule has 0 spiro atoms. The molecule has 1 N–H and O–H groups in total. The Balaban J connectivity index is 1.99. The van der Waals surface area contributed by atoms with Crippen molar-refractivity contribution in [3.05, 3.63) is 69.9 Å². The second kappa shape index (κ2) is 7.00. The fourth-order valence-electron chi connectivity index (χ4n) is 3.12. The quantitative estimate of drug-likeness (QED) is 0.531. The zero-order valence-electron chi connectivity index (χ0n) is 15.0. The summed E-state index contributed by atoms with van der Waals surface area (Å²) >= 11 is 0. The maximum Gasteiger partial charge on any atom is 0.274 e. The van der Waals surface area contributed by atoms with Crippen molar-refractivity contribution < 1.29 is 9.72 Å². The molecular weight excluding hydrogens is 330 g/mol. The molecule has 3 rings (SSSR count). The number of aromatic nitrogens is 1. The maximum absolute atomic E-state index is 12.9. The molecule has 0 unspecified atom stereocenters. The van der Waals surface area contributed by atoms with Crippen LogP contribution in [-0.4, -0.2) is 15.4 Å². The van der Waals surface area contributed by atoms with Crippen molar-refractivity contribution in [3.8, 4) is 0 Å². The first-order chi connectivity index (χ1) is 12.4. The van der Waals surface area contributed by atoms with Crippen LogP contribution >= 0.6 is 0 Å². The first kappa shape index (κ1) is 17.7. The molecule has 0 saturated heterocycles. The first-order valence-corrected chi connectivity index (χ1v) is 8.51. The number of benzene rings is 2. The normalized spacial score (nSPS) is 11.1. The fraction of sp³-hybridized carbons (Fsp3) is 0.250. The van der Waals surface area contributed by atoms with Gasteiger partial charge in [0, 0.05) is 29.7 Å². The van der Waals surface area contributed by atoms with Crippen LogP contribution in [0.25, 0.3) is 10.9 Å². The molecule has 0 atom stereocenters. The Hall–Kier alpha value is -3.15. The van der Waals surface area contributed by atoms with E-state index in [1.165, 1.54) is 6.07 Å². The van der Waals surface area contributed by atoms with E-state index in [9.17, 15) is 14.9 Å². The lowest BCUT2D eigenvalue weighted by Crippen LogP contribution is -2.13. The van der Waals surface area contributed by atoms with Crippen molar-refractivity contribution in [1.82, 2.24) is 4.57 Å². The number of carbonyl (C=O) groups is 1. The topological polar surface area (TPSA) is 77.2 Å². The molecule has 0 aliphatic heterocycles. The lowest BCUT2D eigenvalue weighted by molar-refractivity contribution is -0.385. The molecule has 0 aliphatic rings. The van der Waals surface area contributed by atoms with Gasteiger partial charge in [0.25, 0.3) is 11.6 Å². The van der Waals surface area contributed by atoms with Crippen LogP contribution in [0.3, 0.4) is 0 Å². The number of nitro groups is 1.